The van der Waals surface area contributed by atoms with E-state index < -0.39 is 6.04 Å². The van der Waals surface area contributed by atoms with Crippen molar-refractivity contribution in [1.82, 2.24) is 20.2 Å². The number of nitrogens with one attached hydrogen (secondary N) is 2. The predicted octanol–water partition coefficient (Wildman–Crippen LogP) is -0.0224. The van der Waals surface area contributed by atoms with Crippen molar-refractivity contribution in [3.8, 4) is 0 Å². The van der Waals surface area contributed by atoms with Crippen LogP contribution in [0.1, 0.15) is 38.2 Å². The van der Waals surface area contributed by atoms with E-state index in [0.29, 0.717) is 13.0 Å². The number of hydrogen-bond acceptors (Lipinski definition) is 4. The minimum Gasteiger partial charge on any atom is -0.354 e. The number of carbonyl (C=O) groups is 2. The standard InChI is InChI=1S/C16H27N5O2/c1-11(2)15(17)16(23)19-9-14(22)18-7-6-12-10-21-8-4-3-5-13(21)20-12/h10-11,15H,3-9,17H2,1-2H3,(H,18,22)(H,19,23)/t15-/m0/s1. The second-order valence-electron chi connectivity index (χ2n) is 6.39. The summed E-state index contributed by atoms with van der Waals surface area (Å²) in [5.74, 6) is 0.688. The number of aryl methyl sites for hydroxylation is 2. The number of imidazole rings is 1. The zero-order valence-corrected chi connectivity index (χ0v) is 14.0. The van der Waals surface area contributed by atoms with Crippen LogP contribution < -0.4 is 16.4 Å². The van der Waals surface area contributed by atoms with Gasteiger partial charge >= 0.3 is 0 Å². The molecule has 1 aliphatic heterocycles. The zero-order chi connectivity index (χ0) is 16.8. The van der Waals surface area contributed by atoms with E-state index >= 15 is 0 Å². The van der Waals surface area contributed by atoms with Crippen LogP contribution in [0.15, 0.2) is 6.20 Å². The number of rotatable bonds is 7. The first-order valence-corrected chi connectivity index (χ1v) is 8.32. The van der Waals surface area contributed by atoms with Gasteiger partial charge in [-0.3, -0.25) is 9.59 Å². The second-order valence-corrected chi connectivity index (χ2v) is 6.39. The van der Waals surface area contributed by atoms with Gasteiger partial charge in [-0.2, -0.15) is 0 Å². The Morgan fingerprint density at radius 1 is 1.35 bits per heavy atom. The van der Waals surface area contributed by atoms with Crippen LogP contribution in [0.3, 0.4) is 0 Å². The quantitative estimate of drug-likeness (QED) is 0.656. The Morgan fingerprint density at radius 3 is 2.83 bits per heavy atom. The van der Waals surface area contributed by atoms with Gasteiger partial charge in [0.2, 0.25) is 11.8 Å². The van der Waals surface area contributed by atoms with Gasteiger partial charge in [-0.25, -0.2) is 4.98 Å². The molecule has 0 saturated carbocycles. The smallest absolute Gasteiger partial charge is 0.239 e. The topological polar surface area (TPSA) is 102 Å². The summed E-state index contributed by atoms with van der Waals surface area (Å²) in [6.45, 7) is 5.25. The molecule has 0 unspecified atom stereocenters. The third-order valence-corrected chi connectivity index (χ3v) is 4.11. The molecule has 0 radical (unpaired) electrons. The Kier molecular flexibility index (Phi) is 6.15. The van der Waals surface area contributed by atoms with Crippen LogP contribution in [-0.2, 0) is 29.0 Å². The van der Waals surface area contributed by atoms with Gasteiger partial charge < -0.3 is 20.9 Å². The van der Waals surface area contributed by atoms with Crippen LogP contribution >= 0.6 is 0 Å². The lowest BCUT2D eigenvalue weighted by molar-refractivity contribution is -0.127. The lowest BCUT2D eigenvalue weighted by atomic mass is 10.1. The summed E-state index contributed by atoms with van der Waals surface area (Å²) in [5, 5.41) is 5.35. The Hall–Kier alpha value is -1.89. The normalized spacial score (nSPS) is 15.1. The molecule has 128 valence electrons. The molecule has 2 rings (SSSR count). The lowest BCUT2D eigenvalue weighted by Crippen LogP contribution is -2.47. The first-order valence-electron chi connectivity index (χ1n) is 8.32. The molecular weight excluding hydrogens is 294 g/mol. The molecular formula is C16H27N5O2. The number of amides is 2. The van der Waals surface area contributed by atoms with Crippen molar-refractivity contribution in [2.45, 2.75) is 52.1 Å². The first-order chi connectivity index (χ1) is 11.0. The molecule has 0 aliphatic carbocycles. The van der Waals surface area contributed by atoms with Gasteiger partial charge in [-0.05, 0) is 18.8 Å². The number of nitrogens with two attached hydrogens (primary N) is 1. The van der Waals surface area contributed by atoms with E-state index in [1.807, 2.05) is 13.8 Å². The molecule has 4 N–H and O–H groups in total. The van der Waals surface area contributed by atoms with Crippen LogP contribution in [-0.4, -0.2) is 40.5 Å². The molecule has 0 bridgehead atoms. The highest BCUT2D eigenvalue weighted by Gasteiger charge is 2.17. The Balaban J connectivity index is 1.67. The fraction of sp³-hybridized carbons (Fsp3) is 0.688. The fourth-order valence-corrected chi connectivity index (χ4v) is 2.57. The minimum atomic E-state index is -0.584. The average Bonchev–Trinajstić information content (AvgIpc) is 2.94. The largest absolute Gasteiger partial charge is 0.354 e. The molecule has 1 atom stereocenters. The highest BCUT2D eigenvalue weighted by Crippen LogP contribution is 2.14. The molecule has 23 heavy (non-hydrogen) atoms. The summed E-state index contributed by atoms with van der Waals surface area (Å²) < 4.78 is 2.20. The second kappa shape index (κ2) is 8.10. The molecule has 0 fully saturated rings. The molecule has 1 aromatic rings. The minimum absolute atomic E-state index is 0.0427. The molecule has 7 nitrogen and oxygen atoms in total. The number of carbonyl (C=O) groups excluding carboxylic acids is 2. The van der Waals surface area contributed by atoms with Crippen molar-refractivity contribution >= 4 is 11.8 Å². The van der Waals surface area contributed by atoms with Crippen molar-refractivity contribution in [2.24, 2.45) is 11.7 Å². The Bertz CT molecular complexity index is 529. The summed E-state index contributed by atoms with van der Waals surface area (Å²) in [4.78, 5) is 28.0. The van der Waals surface area contributed by atoms with Gasteiger partial charge in [0.15, 0.2) is 0 Å². The van der Waals surface area contributed by atoms with E-state index in [2.05, 4.69) is 26.4 Å². The van der Waals surface area contributed by atoms with E-state index in [4.69, 9.17) is 5.73 Å². The van der Waals surface area contributed by atoms with Crippen molar-refractivity contribution in [2.75, 3.05) is 13.1 Å². The van der Waals surface area contributed by atoms with E-state index in [1.54, 1.807) is 0 Å². The zero-order valence-electron chi connectivity index (χ0n) is 14.0. The van der Waals surface area contributed by atoms with Gasteiger partial charge in [0, 0.05) is 32.1 Å². The molecule has 0 spiro atoms. The van der Waals surface area contributed by atoms with Crippen molar-refractivity contribution in [3.05, 3.63) is 17.7 Å². The van der Waals surface area contributed by atoms with E-state index in [-0.39, 0.29) is 24.3 Å². The number of aromatic nitrogens is 2. The predicted molar refractivity (Wildman–Crippen MR) is 87.7 cm³/mol. The Labute approximate surface area is 137 Å². The lowest BCUT2D eigenvalue weighted by Gasteiger charge is -2.15. The summed E-state index contributed by atoms with van der Waals surface area (Å²) in [6.07, 6.45) is 6.22. The third-order valence-electron chi connectivity index (χ3n) is 4.11. The monoisotopic (exact) mass is 321 g/mol. The first kappa shape index (κ1) is 17.5. The van der Waals surface area contributed by atoms with Crippen molar-refractivity contribution < 1.29 is 9.59 Å². The molecule has 0 aromatic carbocycles. The molecule has 2 heterocycles. The van der Waals surface area contributed by atoms with Gasteiger partial charge in [0.1, 0.15) is 5.82 Å². The maximum Gasteiger partial charge on any atom is 0.239 e. The summed E-state index contributed by atoms with van der Waals surface area (Å²) in [5.41, 5.74) is 6.72. The number of hydrogen-bond donors (Lipinski definition) is 3. The average molecular weight is 321 g/mol. The molecule has 1 aliphatic rings. The van der Waals surface area contributed by atoms with Crippen LogP contribution in [0, 0.1) is 5.92 Å². The maximum atomic E-state index is 11.7. The van der Waals surface area contributed by atoms with E-state index in [1.165, 1.54) is 12.8 Å². The SMILES string of the molecule is CC(C)[C@H](N)C(=O)NCC(=O)NCCc1cn2c(n1)CCCC2. The maximum absolute atomic E-state index is 11.7. The van der Waals surface area contributed by atoms with Crippen molar-refractivity contribution in [1.29, 1.82) is 0 Å². The summed E-state index contributed by atoms with van der Waals surface area (Å²) in [6, 6.07) is -0.584. The third kappa shape index (κ3) is 5.06. The fourth-order valence-electron chi connectivity index (χ4n) is 2.57. The number of nitrogens with zero attached hydrogens (tertiary/aromatic N) is 2. The van der Waals surface area contributed by atoms with Gasteiger partial charge in [-0.1, -0.05) is 13.8 Å². The number of fused-ring (bicyclic) bond motifs is 1. The molecule has 7 heteroatoms. The highest BCUT2D eigenvalue weighted by atomic mass is 16.2. The van der Waals surface area contributed by atoms with Crippen LogP contribution in [0.5, 0.6) is 0 Å². The van der Waals surface area contributed by atoms with Crippen LogP contribution in [0.25, 0.3) is 0 Å². The van der Waals surface area contributed by atoms with Crippen molar-refractivity contribution in [3.63, 3.8) is 0 Å². The van der Waals surface area contributed by atoms with Crippen LogP contribution in [0.4, 0.5) is 0 Å². The van der Waals surface area contributed by atoms with E-state index in [0.717, 1.165) is 24.5 Å². The van der Waals surface area contributed by atoms with Gasteiger partial charge in [0.05, 0.1) is 18.3 Å². The highest BCUT2D eigenvalue weighted by molar-refractivity contribution is 5.87. The summed E-state index contributed by atoms with van der Waals surface area (Å²) >= 11 is 0. The van der Waals surface area contributed by atoms with Gasteiger partial charge in [0.25, 0.3) is 0 Å². The molecule has 2 amide bonds. The van der Waals surface area contributed by atoms with Crippen LogP contribution in [0.2, 0.25) is 0 Å². The summed E-state index contributed by atoms with van der Waals surface area (Å²) in [7, 11) is 0. The Morgan fingerprint density at radius 2 is 2.13 bits per heavy atom. The van der Waals surface area contributed by atoms with Gasteiger partial charge in [-0.15, -0.1) is 0 Å². The van der Waals surface area contributed by atoms with E-state index in [9.17, 15) is 9.59 Å². The molecule has 1 aromatic heterocycles. The molecule has 0 saturated heterocycles.